The summed E-state index contributed by atoms with van der Waals surface area (Å²) in [6.07, 6.45) is 1.80. The Morgan fingerprint density at radius 2 is 2.05 bits per heavy atom. The average molecular weight is 300 g/mol. The van der Waals surface area contributed by atoms with E-state index in [-0.39, 0.29) is 5.91 Å². The Balaban J connectivity index is 1.95. The first kappa shape index (κ1) is 13.6. The van der Waals surface area contributed by atoms with Gasteiger partial charge in [-0.25, -0.2) is 0 Å². The fraction of sp³-hybridized carbons (Fsp3) is 0.125. The largest absolute Gasteiger partial charge is 0.352 e. The van der Waals surface area contributed by atoms with Crippen molar-refractivity contribution in [3.63, 3.8) is 0 Å². The molecule has 0 aliphatic rings. The normalized spacial score (nSPS) is 10.8. The third-order valence-electron chi connectivity index (χ3n) is 3.33. The van der Waals surface area contributed by atoms with Crippen molar-refractivity contribution in [3.8, 4) is 11.1 Å². The van der Waals surface area contributed by atoms with Crippen LogP contribution < -0.4 is 5.32 Å². The first-order valence-corrected chi connectivity index (χ1v) is 6.97. The molecule has 4 nitrogen and oxygen atoms in total. The summed E-state index contributed by atoms with van der Waals surface area (Å²) in [6.45, 7) is 2.04. The molecule has 0 aliphatic heterocycles. The molecular weight excluding hydrogens is 286 g/mol. The zero-order valence-corrected chi connectivity index (χ0v) is 12.2. The number of amides is 1. The van der Waals surface area contributed by atoms with Gasteiger partial charge in [0.25, 0.3) is 0 Å². The van der Waals surface area contributed by atoms with Crippen LogP contribution in [0, 0.1) is 0 Å². The maximum atomic E-state index is 10.9. The third kappa shape index (κ3) is 2.90. The zero-order valence-electron chi connectivity index (χ0n) is 11.5. The Bertz CT molecular complexity index is 793. The predicted molar refractivity (Wildman–Crippen MR) is 84.1 cm³/mol. The lowest BCUT2D eigenvalue weighted by Gasteiger charge is -2.07. The number of nitrogens with zero attached hydrogens (tertiary/aromatic N) is 1. The SMILES string of the molecule is CC(=O)NCc1ccc(-c2cc(Cl)cc3[nH]ncc23)cc1. The van der Waals surface area contributed by atoms with Crippen LogP contribution in [0.4, 0.5) is 0 Å². The molecule has 0 bridgehead atoms. The molecule has 3 rings (SSSR count). The fourth-order valence-corrected chi connectivity index (χ4v) is 2.50. The minimum absolute atomic E-state index is 0.0333. The molecule has 1 amide bonds. The van der Waals surface area contributed by atoms with Crippen LogP contribution >= 0.6 is 11.6 Å². The van der Waals surface area contributed by atoms with Gasteiger partial charge in [-0.2, -0.15) is 5.10 Å². The summed E-state index contributed by atoms with van der Waals surface area (Å²) in [5.41, 5.74) is 4.08. The van der Waals surface area contributed by atoms with Gasteiger partial charge < -0.3 is 5.32 Å². The van der Waals surface area contributed by atoms with E-state index in [1.807, 2.05) is 36.4 Å². The summed E-state index contributed by atoms with van der Waals surface area (Å²) in [6, 6.07) is 11.8. The van der Waals surface area contributed by atoms with Gasteiger partial charge in [0.1, 0.15) is 0 Å². The van der Waals surface area contributed by atoms with E-state index in [0.29, 0.717) is 11.6 Å². The molecule has 3 aromatic rings. The highest BCUT2D eigenvalue weighted by Gasteiger charge is 2.07. The third-order valence-corrected chi connectivity index (χ3v) is 3.55. The molecule has 0 aliphatic carbocycles. The minimum atomic E-state index is -0.0333. The number of carbonyl (C=O) groups excluding carboxylic acids is 1. The smallest absolute Gasteiger partial charge is 0.217 e. The van der Waals surface area contributed by atoms with E-state index in [2.05, 4.69) is 15.5 Å². The van der Waals surface area contributed by atoms with Crippen molar-refractivity contribution in [2.45, 2.75) is 13.5 Å². The van der Waals surface area contributed by atoms with Gasteiger partial charge in [-0.05, 0) is 28.8 Å². The number of benzene rings is 2. The van der Waals surface area contributed by atoms with Crippen molar-refractivity contribution in [1.29, 1.82) is 0 Å². The maximum absolute atomic E-state index is 10.9. The van der Waals surface area contributed by atoms with Crippen molar-refractivity contribution in [1.82, 2.24) is 15.5 Å². The molecule has 0 saturated heterocycles. The summed E-state index contributed by atoms with van der Waals surface area (Å²) < 4.78 is 0. The lowest BCUT2D eigenvalue weighted by molar-refractivity contribution is -0.119. The first-order valence-electron chi connectivity index (χ1n) is 6.60. The van der Waals surface area contributed by atoms with Gasteiger partial charge in [0.2, 0.25) is 5.91 Å². The minimum Gasteiger partial charge on any atom is -0.352 e. The molecule has 0 fully saturated rings. The monoisotopic (exact) mass is 299 g/mol. The van der Waals surface area contributed by atoms with Gasteiger partial charge in [0, 0.05) is 23.9 Å². The van der Waals surface area contributed by atoms with Crippen LogP contribution in [0.25, 0.3) is 22.0 Å². The second-order valence-corrected chi connectivity index (χ2v) is 5.33. The van der Waals surface area contributed by atoms with E-state index in [1.165, 1.54) is 6.92 Å². The van der Waals surface area contributed by atoms with Crippen LogP contribution in [-0.4, -0.2) is 16.1 Å². The Morgan fingerprint density at radius 3 is 2.76 bits per heavy atom. The molecule has 5 heteroatoms. The van der Waals surface area contributed by atoms with Crippen molar-refractivity contribution >= 4 is 28.4 Å². The fourth-order valence-electron chi connectivity index (χ4n) is 2.28. The molecule has 2 aromatic carbocycles. The number of halogens is 1. The molecule has 1 heterocycles. The zero-order chi connectivity index (χ0) is 14.8. The number of aromatic nitrogens is 2. The second kappa shape index (κ2) is 5.58. The number of fused-ring (bicyclic) bond motifs is 1. The maximum Gasteiger partial charge on any atom is 0.217 e. The number of H-pyrrole nitrogens is 1. The highest BCUT2D eigenvalue weighted by Crippen LogP contribution is 2.31. The van der Waals surface area contributed by atoms with E-state index in [9.17, 15) is 4.79 Å². The van der Waals surface area contributed by atoms with Crippen LogP contribution in [0.1, 0.15) is 12.5 Å². The van der Waals surface area contributed by atoms with E-state index < -0.39 is 0 Å². The molecule has 2 N–H and O–H groups in total. The van der Waals surface area contributed by atoms with Crippen molar-refractivity contribution in [2.75, 3.05) is 0 Å². The second-order valence-electron chi connectivity index (χ2n) is 4.89. The summed E-state index contributed by atoms with van der Waals surface area (Å²) in [5.74, 6) is -0.0333. The predicted octanol–water partition coefficient (Wildman–Crippen LogP) is 3.52. The topological polar surface area (TPSA) is 57.8 Å². The summed E-state index contributed by atoms with van der Waals surface area (Å²) >= 11 is 6.15. The molecule has 0 spiro atoms. The van der Waals surface area contributed by atoms with E-state index in [1.54, 1.807) is 6.20 Å². The lowest BCUT2D eigenvalue weighted by atomic mass is 10.0. The number of aromatic amines is 1. The quantitative estimate of drug-likeness (QED) is 0.777. The average Bonchev–Trinajstić information content (AvgIpc) is 2.93. The standard InChI is InChI=1S/C16H14ClN3O/c1-10(21)18-8-11-2-4-12(5-3-11)14-6-13(17)7-16-15(14)9-19-20-16/h2-7,9H,8H2,1H3,(H,18,21)(H,19,20). The highest BCUT2D eigenvalue weighted by atomic mass is 35.5. The number of carbonyl (C=O) groups is 1. The van der Waals surface area contributed by atoms with E-state index in [0.717, 1.165) is 27.6 Å². The van der Waals surface area contributed by atoms with Gasteiger partial charge in [0.05, 0.1) is 11.7 Å². The van der Waals surface area contributed by atoms with Gasteiger partial charge in [-0.3, -0.25) is 9.89 Å². The summed E-state index contributed by atoms with van der Waals surface area (Å²) in [4.78, 5) is 10.9. The number of hydrogen-bond donors (Lipinski definition) is 2. The molecule has 0 unspecified atom stereocenters. The Morgan fingerprint density at radius 1 is 1.29 bits per heavy atom. The number of hydrogen-bond acceptors (Lipinski definition) is 2. The van der Waals surface area contributed by atoms with E-state index in [4.69, 9.17) is 11.6 Å². The molecule has 1 aromatic heterocycles. The molecule has 21 heavy (non-hydrogen) atoms. The summed E-state index contributed by atoms with van der Waals surface area (Å²) in [7, 11) is 0. The molecule has 106 valence electrons. The van der Waals surface area contributed by atoms with Gasteiger partial charge in [0.15, 0.2) is 0 Å². The summed E-state index contributed by atoms with van der Waals surface area (Å²) in [5, 5.41) is 11.5. The lowest BCUT2D eigenvalue weighted by Crippen LogP contribution is -2.18. The van der Waals surface area contributed by atoms with Crippen molar-refractivity contribution in [2.24, 2.45) is 0 Å². The van der Waals surface area contributed by atoms with Gasteiger partial charge in [-0.15, -0.1) is 0 Å². The van der Waals surface area contributed by atoms with Crippen LogP contribution in [-0.2, 0) is 11.3 Å². The molecule has 0 atom stereocenters. The Hall–Kier alpha value is -2.33. The van der Waals surface area contributed by atoms with Crippen molar-refractivity contribution < 1.29 is 4.79 Å². The highest BCUT2D eigenvalue weighted by molar-refractivity contribution is 6.31. The Kier molecular flexibility index (Phi) is 3.62. The number of rotatable bonds is 3. The number of nitrogens with one attached hydrogen (secondary N) is 2. The van der Waals surface area contributed by atoms with Crippen LogP contribution in [0.15, 0.2) is 42.6 Å². The van der Waals surface area contributed by atoms with Crippen LogP contribution in [0.5, 0.6) is 0 Å². The van der Waals surface area contributed by atoms with E-state index >= 15 is 0 Å². The van der Waals surface area contributed by atoms with Gasteiger partial charge >= 0.3 is 0 Å². The Labute approximate surface area is 127 Å². The molecular formula is C16H14ClN3O. The van der Waals surface area contributed by atoms with Gasteiger partial charge in [-0.1, -0.05) is 35.9 Å². The molecule has 0 radical (unpaired) electrons. The van der Waals surface area contributed by atoms with Crippen LogP contribution in [0.3, 0.4) is 0 Å². The first-order chi connectivity index (χ1) is 10.1. The molecule has 0 saturated carbocycles. The van der Waals surface area contributed by atoms with Crippen LogP contribution in [0.2, 0.25) is 5.02 Å². The van der Waals surface area contributed by atoms with Crippen molar-refractivity contribution in [3.05, 3.63) is 53.2 Å².